The molecule has 1 fully saturated rings. The summed E-state index contributed by atoms with van der Waals surface area (Å²) in [6, 6.07) is 19.6. The van der Waals surface area contributed by atoms with Gasteiger partial charge in [-0.1, -0.05) is 48.5 Å². The summed E-state index contributed by atoms with van der Waals surface area (Å²) in [5.74, 6) is 1.44. The minimum absolute atomic E-state index is 0.0919. The highest BCUT2D eigenvalue weighted by Crippen LogP contribution is 2.43. The molecule has 3 nitrogen and oxygen atoms in total. The first kappa shape index (κ1) is 18.3. The van der Waals surface area contributed by atoms with Gasteiger partial charge in [-0.15, -0.1) is 0 Å². The minimum Gasteiger partial charge on any atom is -0.497 e. The first-order chi connectivity index (χ1) is 13.3. The molecule has 0 unspecified atom stereocenters. The summed E-state index contributed by atoms with van der Waals surface area (Å²) in [5.41, 5.74) is 4.01. The molecule has 3 atom stereocenters. The van der Waals surface area contributed by atoms with Gasteiger partial charge in [0.2, 0.25) is 0 Å². The van der Waals surface area contributed by atoms with Gasteiger partial charge < -0.3 is 9.84 Å². The fraction of sp³-hybridized carbons (Fsp3) is 0.417. The number of rotatable bonds is 5. The van der Waals surface area contributed by atoms with Crippen molar-refractivity contribution in [3.05, 3.63) is 71.8 Å². The number of likely N-dealkylation sites (tertiary alicyclic amines) is 1. The zero-order valence-electron chi connectivity index (χ0n) is 16.1. The number of hydrogen-bond acceptors (Lipinski definition) is 3. The average molecular weight is 364 g/mol. The Morgan fingerprint density at radius 1 is 1.07 bits per heavy atom. The van der Waals surface area contributed by atoms with Crippen LogP contribution in [0.15, 0.2) is 60.7 Å². The molecule has 3 heteroatoms. The highest BCUT2D eigenvalue weighted by molar-refractivity contribution is 5.69. The maximum Gasteiger partial charge on any atom is 0.118 e. The maximum atomic E-state index is 10.2. The van der Waals surface area contributed by atoms with Crippen molar-refractivity contribution in [2.24, 2.45) is 5.92 Å². The lowest BCUT2D eigenvalue weighted by molar-refractivity contribution is 0.0328. The number of ether oxygens (including phenoxy) is 1. The van der Waals surface area contributed by atoms with Gasteiger partial charge in [-0.25, -0.2) is 0 Å². The third-order valence-electron chi connectivity index (χ3n) is 6.23. The molecular formula is C24H29NO2. The number of piperidine rings is 1. The Bertz CT molecular complexity index is 769. The number of benzene rings is 2. The summed E-state index contributed by atoms with van der Waals surface area (Å²) in [7, 11) is 1.71. The van der Waals surface area contributed by atoms with E-state index < -0.39 is 0 Å². The van der Waals surface area contributed by atoms with Crippen LogP contribution in [0.1, 0.15) is 42.9 Å². The van der Waals surface area contributed by atoms with Crippen LogP contribution in [0.25, 0.3) is 5.57 Å². The number of allylic oxidation sites excluding steroid dienone is 1. The molecule has 2 aliphatic rings. The molecule has 1 saturated heterocycles. The van der Waals surface area contributed by atoms with E-state index in [0.717, 1.165) is 18.7 Å². The number of aliphatic hydroxyl groups is 1. The summed E-state index contributed by atoms with van der Waals surface area (Å²) >= 11 is 0. The van der Waals surface area contributed by atoms with Gasteiger partial charge in [-0.05, 0) is 67.0 Å². The van der Waals surface area contributed by atoms with E-state index in [1.807, 2.05) is 6.07 Å². The molecule has 0 aromatic heterocycles. The highest BCUT2D eigenvalue weighted by atomic mass is 16.5. The number of fused-ring (bicyclic) bond motifs is 1. The molecule has 0 bridgehead atoms. The molecule has 0 radical (unpaired) electrons. The number of hydrogen-bond donors (Lipinski definition) is 1. The van der Waals surface area contributed by atoms with Crippen LogP contribution in [0.5, 0.6) is 5.75 Å². The largest absolute Gasteiger partial charge is 0.497 e. The van der Waals surface area contributed by atoms with Gasteiger partial charge in [0.15, 0.2) is 0 Å². The summed E-state index contributed by atoms with van der Waals surface area (Å²) in [5, 5.41) is 10.2. The van der Waals surface area contributed by atoms with Gasteiger partial charge in [-0.2, -0.15) is 0 Å². The van der Waals surface area contributed by atoms with Crippen LogP contribution >= 0.6 is 0 Å². The van der Waals surface area contributed by atoms with Crippen molar-refractivity contribution in [1.82, 2.24) is 4.90 Å². The van der Waals surface area contributed by atoms with Gasteiger partial charge in [0.25, 0.3) is 0 Å². The molecule has 142 valence electrons. The lowest BCUT2D eigenvalue weighted by Gasteiger charge is -2.47. The van der Waals surface area contributed by atoms with Crippen LogP contribution in [-0.4, -0.2) is 36.3 Å². The van der Waals surface area contributed by atoms with Crippen LogP contribution in [0, 0.1) is 5.92 Å². The lowest BCUT2D eigenvalue weighted by Crippen LogP contribution is -2.49. The molecule has 1 N–H and O–H groups in total. The predicted octanol–water partition coefficient (Wildman–Crippen LogP) is 4.69. The Hall–Kier alpha value is -2.10. The minimum atomic E-state index is 0.0919. The van der Waals surface area contributed by atoms with Crippen molar-refractivity contribution >= 4 is 5.57 Å². The predicted molar refractivity (Wildman–Crippen MR) is 110 cm³/mol. The number of methoxy groups -OCH3 is 1. The molecule has 0 spiro atoms. The smallest absolute Gasteiger partial charge is 0.118 e. The number of nitrogens with zero attached hydrogens (tertiary/aromatic N) is 1. The maximum absolute atomic E-state index is 10.2. The fourth-order valence-corrected chi connectivity index (χ4v) is 4.95. The van der Waals surface area contributed by atoms with Crippen LogP contribution in [-0.2, 0) is 0 Å². The van der Waals surface area contributed by atoms with E-state index in [1.165, 1.54) is 36.0 Å². The summed E-state index contributed by atoms with van der Waals surface area (Å²) in [4.78, 5) is 2.57. The highest BCUT2D eigenvalue weighted by Gasteiger charge is 2.38. The van der Waals surface area contributed by atoms with Crippen molar-refractivity contribution in [3.8, 4) is 5.75 Å². The Kier molecular flexibility index (Phi) is 5.61. The number of aliphatic hydroxyl groups excluding tert-OH is 1. The molecule has 0 amide bonds. The van der Waals surface area contributed by atoms with Crippen LogP contribution in [0.2, 0.25) is 0 Å². The second-order valence-corrected chi connectivity index (χ2v) is 7.63. The van der Waals surface area contributed by atoms with E-state index in [4.69, 9.17) is 4.74 Å². The van der Waals surface area contributed by atoms with Gasteiger partial charge >= 0.3 is 0 Å². The second kappa shape index (κ2) is 8.28. The summed E-state index contributed by atoms with van der Waals surface area (Å²) in [6.45, 7) is 1.24. The van der Waals surface area contributed by atoms with E-state index >= 15 is 0 Å². The van der Waals surface area contributed by atoms with Crippen LogP contribution in [0.3, 0.4) is 0 Å². The van der Waals surface area contributed by atoms with Gasteiger partial charge in [0.05, 0.1) is 19.8 Å². The molecule has 27 heavy (non-hydrogen) atoms. The normalized spacial score (nSPS) is 24.0. The van der Waals surface area contributed by atoms with Crippen molar-refractivity contribution in [2.45, 2.75) is 37.8 Å². The molecule has 1 aliphatic carbocycles. The molecule has 1 aliphatic heterocycles. The molecular weight excluding hydrogens is 334 g/mol. The monoisotopic (exact) mass is 363 g/mol. The lowest BCUT2D eigenvalue weighted by atomic mass is 9.74. The molecule has 1 heterocycles. The SMILES string of the molecule is COc1ccc(C2=CCC[C@H]3[C@H]2CCCN3[C@@H](CO)c2ccccc2)cc1. The first-order valence-corrected chi connectivity index (χ1v) is 10.1. The van der Waals surface area contributed by atoms with E-state index in [9.17, 15) is 5.11 Å². The van der Waals surface area contributed by atoms with Gasteiger partial charge in [0, 0.05) is 6.04 Å². The van der Waals surface area contributed by atoms with E-state index in [-0.39, 0.29) is 12.6 Å². The van der Waals surface area contributed by atoms with Crippen molar-refractivity contribution in [1.29, 1.82) is 0 Å². The second-order valence-electron chi connectivity index (χ2n) is 7.63. The van der Waals surface area contributed by atoms with Crippen LogP contribution in [0.4, 0.5) is 0 Å². The third kappa shape index (κ3) is 3.67. The fourth-order valence-electron chi connectivity index (χ4n) is 4.95. The standard InChI is InChI=1S/C24H29NO2/c1-27-20-14-12-18(13-15-20)21-9-5-11-23-22(21)10-6-16-25(23)24(17-26)19-7-3-2-4-8-19/h2-4,7-9,12-15,22-24,26H,5-6,10-11,16-17H2,1H3/t22-,23-,24-/m0/s1. The average Bonchev–Trinajstić information content (AvgIpc) is 2.75. The summed E-state index contributed by atoms with van der Waals surface area (Å²) in [6.07, 6.45) is 7.12. The van der Waals surface area contributed by atoms with E-state index in [1.54, 1.807) is 7.11 Å². The molecule has 4 rings (SSSR count). The zero-order chi connectivity index (χ0) is 18.6. The summed E-state index contributed by atoms with van der Waals surface area (Å²) < 4.78 is 5.32. The van der Waals surface area contributed by atoms with Crippen LogP contribution < -0.4 is 4.74 Å². The van der Waals surface area contributed by atoms with Gasteiger partial charge in [-0.3, -0.25) is 4.90 Å². The van der Waals surface area contributed by atoms with Gasteiger partial charge in [0.1, 0.15) is 5.75 Å². The first-order valence-electron chi connectivity index (χ1n) is 10.1. The van der Waals surface area contributed by atoms with E-state index in [0.29, 0.717) is 12.0 Å². The molecule has 2 aromatic rings. The quantitative estimate of drug-likeness (QED) is 0.837. The topological polar surface area (TPSA) is 32.7 Å². The Morgan fingerprint density at radius 3 is 2.56 bits per heavy atom. The zero-order valence-corrected chi connectivity index (χ0v) is 16.1. The Labute approximate surface area is 162 Å². The van der Waals surface area contributed by atoms with E-state index in [2.05, 4.69) is 59.5 Å². The Balaban J connectivity index is 1.61. The van der Waals surface area contributed by atoms with Crippen molar-refractivity contribution < 1.29 is 9.84 Å². The molecule has 0 saturated carbocycles. The molecule has 2 aromatic carbocycles. The van der Waals surface area contributed by atoms with Crippen molar-refractivity contribution in [3.63, 3.8) is 0 Å². The third-order valence-corrected chi connectivity index (χ3v) is 6.23. The van der Waals surface area contributed by atoms with Crippen molar-refractivity contribution in [2.75, 3.05) is 20.3 Å². The Morgan fingerprint density at radius 2 is 1.85 bits per heavy atom.